The van der Waals surface area contributed by atoms with E-state index in [2.05, 4.69) is 5.38 Å². The number of hydrogen-bond donors (Lipinski definition) is 1. The summed E-state index contributed by atoms with van der Waals surface area (Å²) in [4.78, 5) is 0. The predicted molar refractivity (Wildman–Crippen MR) is 66.0 cm³/mol. The summed E-state index contributed by atoms with van der Waals surface area (Å²) in [5, 5.41) is 14.1. The van der Waals surface area contributed by atoms with Crippen LogP contribution in [0.15, 0.2) is 41.1 Å². The van der Waals surface area contributed by atoms with Crippen molar-refractivity contribution in [2.75, 3.05) is 7.11 Å². The van der Waals surface area contributed by atoms with Gasteiger partial charge in [-0.2, -0.15) is 11.3 Å². The molecule has 84 valence electrons. The van der Waals surface area contributed by atoms with Crippen LogP contribution in [0.25, 0.3) is 0 Å². The maximum absolute atomic E-state index is 10.0. The van der Waals surface area contributed by atoms with Crippen LogP contribution < -0.4 is 4.74 Å². The second-order valence-corrected chi connectivity index (χ2v) is 4.40. The number of benzene rings is 1. The van der Waals surface area contributed by atoms with Gasteiger partial charge in [0, 0.05) is 6.42 Å². The first kappa shape index (κ1) is 11.2. The van der Waals surface area contributed by atoms with E-state index in [1.54, 1.807) is 18.4 Å². The number of ether oxygens (including phenoxy) is 1. The van der Waals surface area contributed by atoms with Crippen molar-refractivity contribution >= 4 is 11.3 Å². The van der Waals surface area contributed by atoms with Gasteiger partial charge in [0.15, 0.2) is 0 Å². The van der Waals surface area contributed by atoms with Crippen LogP contribution in [-0.2, 0) is 6.42 Å². The Morgan fingerprint density at radius 1 is 1.25 bits per heavy atom. The van der Waals surface area contributed by atoms with E-state index in [0.29, 0.717) is 6.42 Å². The van der Waals surface area contributed by atoms with Gasteiger partial charge in [0.05, 0.1) is 13.2 Å². The lowest BCUT2D eigenvalue weighted by Gasteiger charge is -2.10. The third-order valence-electron chi connectivity index (χ3n) is 2.51. The topological polar surface area (TPSA) is 29.5 Å². The van der Waals surface area contributed by atoms with Crippen LogP contribution in [0.4, 0.5) is 0 Å². The maximum atomic E-state index is 10.0. The summed E-state index contributed by atoms with van der Waals surface area (Å²) >= 11 is 1.65. The lowest BCUT2D eigenvalue weighted by atomic mass is 10.0. The zero-order chi connectivity index (χ0) is 11.4. The Morgan fingerprint density at radius 3 is 2.56 bits per heavy atom. The average Bonchev–Trinajstić information content (AvgIpc) is 2.82. The molecule has 1 unspecified atom stereocenters. The third-order valence-corrected chi connectivity index (χ3v) is 3.24. The van der Waals surface area contributed by atoms with Crippen LogP contribution in [0, 0.1) is 0 Å². The van der Waals surface area contributed by atoms with Crippen molar-refractivity contribution in [2.45, 2.75) is 12.5 Å². The highest BCUT2D eigenvalue weighted by molar-refractivity contribution is 7.07. The molecule has 1 heterocycles. The molecule has 0 radical (unpaired) electrons. The summed E-state index contributed by atoms with van der Waals surface area (Å²) in [7, 11) is 1.64. The smallest absolute Gasteiger partial charge is 0.118 e. The minimum atomic E-state index is -0.444. The summed E-state index contributed by atoms with van der Waals surface area (Å²) in [5.74, 6) is 0.812. The van der Waals surface area contributed by atoms with Crippen LogP contribution in [-0.4, -0.2) is 12.2 Å². The molecule has 0 saturated heterocycles. The zero-order valence-corrected chi connectivity index (χ0v) is 9.91. The number of hydrogen-bond acceptors (Lipinski definition) is 3. The standard InChI is InChI=1S/C13H14O2S/c1-15-12-4-2-11(3-5-12)13(14)8-10-6-7-16-9-10/h2-7,9,13-14H,8H2,1H3. The fourth-order valence-corrected chi connectivity index (χ4v) is 2.26. The van der Waals surface area contributed by atoms with E-state index >= 15 is 0 Å². The van der Waals surface area contributed by atoms with Crippen molar-refractivity contribution in [1.82, 2.24) is 0 Å². The molecule has 2 nitrogen and oxygen atoms in total. The van der Waals surface area contributed by atoms with E-state index in [9.17, 15) is 5.11 Å². The summed E-state index contributed by atoms with van der Waals surface area (Å²) in [6, 6.07) is 9.57. The zero-order valence-electron chi connectivity index (χ0n) is 9.09. The molecule has 0 aliphatic rings. The van der Waals surface area contributed by atoms with Crippen molar-refractivity contribution in [3.63, 3.8) is 0 Å². The highest BCUT2D eigenvalue weighted by Gasteiger charge is 2.08. The van der Waals surface area contributed by atoms with Crippen LogP contribution in [0.1, 0.15) is 17.2 Å². The molecular formula is C13H14O2S. The van der Waals surface area contributed by atoms with Crippen LogP contribution in [0.5, 0.6) is 5.75 Å². The summed E-state index contributed by atoms with van der Waals surface area (Å²) in [5.41, 5.74) is 2.10. The number of aliphatic hydroxyl groups excluding tert-OH is 1. The lowest BCUT2D eigenvalue weighted by Crippen LogP contribution is -2.00. The third kappa shape index (κ3) is 2.62. The fourth-order valence-electron chi connectivity index (χ4n) is 1.58. The van der Waals surface area contributed by atoms with E-state index in [1.807, 2.05) is 35.7 Å². The van der Waals surface area contributed by atoms with Gasteiger partial charge in [0.2, 0.25) is 0 Å². The first-order chi connectivity index (χ1) is 7.79. The lowest BCUT2D eigenvalue weighted by molar-refractivity contribution is 0.178. The number of thiophene rings is 1. The molecule has 2 rings (SSSR count). The van der Waals surface area contributed by atoms with Gasteiger partial charge in [-0.1, -0.05) is 12.1 Å². The number of aliphatic hydroxyl groups is 1. The molecule has 0 aliphatic heterocycles. The average molecular weight is 234 g/mol. The summed E-state index contributed by atoms with van der Waals surface area (Å²) in [6.07, 6.45) is 0.219. The fraction of sp³-hybridized carbons (Fsp3) is 0.231. The van der Waals surface area contributed by atoms with Crippen molar-refractivity contribution in [3.8, 4) is 5.75 Å². The predicted octanol–water partition coefficient (Wildman–Crippen LogP) is 3.03. The van der Waals surface area contributed by atoms with Crippen molar-refractivity contribution in [2.24, 2.45) is 0 Å². The molecule has 1 aromatic carbocycles. The molecule has 3 heteroatoms. The van der Waals surface area contributed by atoms with Gasteiger partial charge in [0.25, 0.3) is 0 Å². The van der Waals surface area contributed by atoms with Gasteiger partial charge in [-0.3, -0.25) is 0 Å². The molecule has 0 fully saturated rings. The van der Waals surface area contributed by atoms with Gasteiger partial charge < -0.3 is 9.84 Å². The highest BCUT2D eigenvalue weighted by Crippen LogP contribution is 2.21. The molecule has 0 saturated carbocycles. The molecule has 2 aromatic rings. The first-order valence-corrected chi connectivity index (χ1v) is 6.07. The van der Waals surface area contributed by atoms with Gasteiger partial charge in [-0.25, -0.2) is 0 Å². The number of methoxy groups -OCH3 is 1. The Labute approximate surface area is 99.1 Å². The number of rotatable bonds is 4. The SMILES string of the molecule is COc1ccc(C(O)Cc2ccsc2)cc1. The molecule has 0 amide bonds. The maximum Gasteiger partial charge on any atom is 0.118 e. The molecule has 1 atom stereocenters. The Kier molecular flexibility index (Phi) is 3.59. The van der Waals surface area contributed by atoms with E-state index in [1.165, 1.54) is 5.56 Å². The first-order valence-electron chi connectivity index (χ1n) is 5.12. The Hall–Kier alpha value is -1.32. The molecule has 1 N–H and O–H groups in total. The normalized spacial score (nSPS) is 12.4. The monoisotopic (exact) mass is 234 g/mol. The Balaban J connectivity index is 2.05. The molecule has 0 spiro atoms. The second-order valence-electron chi connectivity index (χ2n) is 3.62. The van der Waals surface area contributed by atoms with E-state index in [0.717, 1.165) is 11.3 Å². The van der Waals surface area contributed by atoms with Crippen LogP contribution >= 0.6 is 11.3 Å². The molecule has 0 aliphatic carbocycles. The summed E-state index contributed by atoms with van der Waals surface area (Å²) in [6.45, 7) is 0. The Bertz CT molecular complexity index is 420. The molecular weight excluding hydrogens is 220 g/mol. The van der Waals surface area contributed by atoms with Crippen molar-refractivity contribution in [1.29, 1.82) is 0 Å². The van der Waals surface area contributed by atoms with E-state index in [4.69, 9.17) is 4.74 Å². The summed E-state index contributed by atoms with van der Waals surface area (Å²) < 4.78 is 5.07. The molecule has 16 heavy (non-hydrogen) atoms. The second kappa shape index (κ2) is 5.14. The van der Waals surface area contributed by atoms with E-state index < -0.39 is 6.10 Å². The van der Waals surface area contributed by atoms with Crippen molar-refractivity contribution < 1.29 is 9.84 Å². The highest BCUT2D eigenvalue weighted by atomic mass is 32.1. The van der Waals surface area contributed by atoms with Crippen LogP contribution in [0.3, 0.4) is 0 Å². The van der Waals surface area contributed by atoms with Gasteiger partial charge in [-0.05, 0) is 40.1 Å². The van der Waals surface area contributed by atoms with Gasteiger partial charge >= 0.3 is 0 Å². The van der Waals surface area contributed by atoms with Gasteiger partial charge in [0.1, 0.15) is 5.75 Å². The molecule has 1 aromatic heterocycles. The largest absolute Gasteiger partial charge is 0.497 e. The Morgan fingerprint density at radius 2 is 2.00 bits per heavy atom. The van der Waals surface area contributed by atoms with Crippen molar-refractivity contribution in [3.05, 3.63) is 52.2 Å². The minimum Gasteiger partial charge on any atom is -0.497 e. The van der Waals surface area contributed by atoms with Crippen LogP contribution in [0.2, 0.25) is 0 Å². The quantitative estimate of drug-likeness (QED) is 0.881. The van der Waals surface area contributed by atoms with E-state index in [-0.39, 0.29) is 0 Å². The molecule has 0 bridgehead atoms. The van der Waals surface area contributed by atoms with Gasteiger partial charge in [-0.15, -0.1) is 0 Å². The minimum absolute atomic E-state index is 0.444.